The monoisotopic (exact) mass is 1910 g/mol. The van der Waals surface area contributed by atoms with Gasteiger partial charge in [0.15, 0.2) is 59.1 Å². The second-order valence-electron chi connectivity index (χ2n) is 30.1. The normalized spacial score (nSPS) is 32.1. The largest absolute Gasteiger partial charge is 0.510 e. The van der Waals surface area contributed by atoms with E-state index in [1.54, 1.807) is 90.8 Å². The van der Waals surface area contributed by atoms with Crippen molar-refractivity contribution >= 4 is 82.9 Å². The van der Waals surface area contributed by atoms with E-state index in [1.807, 2.05) is 4.98 Å². The Morgan fingerprint density at radius 3 is 1.94 bits per heavy atom. The molecule has 7 aliphatic heterocycles. The summed E-state index contributed by atoms with van der Waals surface area (Å²) in [6, 6.07) is 7.12. The maximum atomic E-state index is 15.9. The number of alkyl halides is 4. The SMILES string of the molecule is C#C[C@@]1(O)[C@H](O)[C@@H](COP(=S)(N[C@@H](C)C(=O)OC(C)C)Oc2ccccc2)O[C@H]1n1ccc(=O)[nH]c1=O.C=C1NC(=O)C=CN1[C@@H]1O[C@](CF)(COP(=O)(O)OCOC(=O)OC(C)C)[C@@H](O)[C@@]1(C)O.C=C1NC(=O)C=CN1[C@@H]1O[C@](F)(COP(=O)(O)NC(C)C(=O)O)[C@@H](O)[C@@]1(C)O.CCOc1nc(C)nc2c1ncn2[C@@H]1O[C@]2(F)COP(=O)(OC(C)C)O[C@H]2[C@@]1(C)F. The number of phosphoric acid groups is 2. The summed E-state index contributed by atoms with van der Waals surface area (Å²) in [7, 11) is -13.9. The number of aromatic nitrogens is 6. The molecule has 7 aliphatic rings. The van der Waals surface area contributed by atoms with Gasteiger partial charge in [-0.05, 0) is 114 Å². The van der Waals surface area contributed by atoms with Crippen molar-refractivity contribution in [1.82, 2.24) is 59.7 Å². The van der Waals surface area contributed by atoms with Gasteiger partial charge in [0.25, 0.3) is 29.1 Å². The van der Waals surface area contributed by atoms with E-state index in [0.29, 0.717) is 18.2 Å². The van der Waals surface area contributed by atoms with E-state index >= 15 is 13.2 Å². The van der Waals surface area contributed by atoms with Crippen LogP contribution in [-0.4, -0.2) is 274 Å². The molecule has 3 aromatic heterocycles. The number of aliphatic carboxylic acids is 1. The number of nitrogens with one attached hydrogen (secondary N) is 5. The van der Waals surface area contributed by atoms with Crippen LogP contribution in [0.3, 0.4) is 0 Å². The van der Waals surface area contributed by atoms with Gasteiger partial charge in [-0.3, -0.25) is 60.7 Å². The molecular formula is C71H98F4N12O35P4S. The fourth-order valence-corrected chi connectivity index (χ4v) is 18.3. The first kappa shape index (κ1) is 104. The van der Waals surface area contributed by atoms with Gasteiger partial charge in [-0.15, -0.1) is 6.42 Å². The number of phosphoric ester groups is 2. The molecule has 5 fully saturated rings. The Morgan fingerprint density at radius 1 is 0.787 bits per heavy atom. The molecule has 706 valence electrons. The van der Waals surface area contributed by atoms with E-state index in [-0.39, 0.29) is 34.8 Å². The average Bonchev–Trinajstić information content (AvgIpc) is 1.29. The summed E-state index contributed by atoms with van der Waals surface area (Å²) in [5.74, 6) is -5.98. The number of aromatic amines is 1. The summed E-state index contributed by atoms with van der Waals surface area (Å²) >= 11 is 5.62. The maximum absolute atomic E-state index is 15.9. The zero-order chi connectivity index (χ0) is 95.1. The number of carboxylic acids is 1. The molecule has 5 saturated heterocycles. The van der Waals surface area contributed by atoms with E-state index in [0.717, 1.165) is 72.7 Å². The topological polar surface area (TPSA) is 619 Å². The molecule has 127 heavy (non-hydrogen) atoms. The Hall–Kier alpha value is -8.46. The van der Waals surface area contributed by atoms with Gasteiger partial charge in [0, 0.05) is 36.8 Å². The fourth-order valence-electron chi connectivity index (χ4n) is 12.6. The van der Waals surface area contributed by atoms with Crippen LogP contribution in [0.1, 0.15) is 101 Å². The Kier molecular flexibility index (Phi) is 33.5. The number of aliphatic hydroxyl groups excluding tert-OH is 3. The molecule has 14 N–H and O–H groups in total. The number of benzene rings is 1. The predicted molar refractivity (Wildman–Crippen MR) is 428 cm³/mol. The molecule has 22 atom stereocenters. The number of esters is 1. The summed E-state index contributed by atoms with van der Waals surface area (Å²) in [5.41, 5.74) is -12.6. The van der Waals surface area contributed by atoms with Gasteiger partial charge in [0.05, 0.1) is 44.5 Å². The van der Waals surface area contributed by atoms with Gasteiger partial charge in [-0.2, -0.15) is 4.98 Å². The van der Waals surface area contributed by atoms with Crippen LogP contribution in [0.4, 0.5) is 22.4 Å². The molecule has 5 unspecified atom stereocenters. The first-order chi connectivity index (χ1) is 58.8. The van der Waals surface area contributed by atoms with Gasteiger partial charge >= 0.3 is 53.8 Å². The number of nitrogens with zero attached hydrogens (tertiary/aromatic N) is 7. The zero-order valence-corrected chi connectivity index (χ0v) is 74.3. The highest BCUT2D eigenvalue weighted by molar-refractivity contribution is 8.09. The third-order valence-electron chi connectivity index (χ3n) is 18.7. The van der Waals surface area contributed by atoms with Crippen LogP contribution in [0.2, 0.25) is 0 Å². The number of rotatable bonds is 31. The minimum Gasteiger partial charge on any atom is -0.480 e. The average molecular weight is 1910 g/mol. The number of H-pyrrole nitrogens is 1. The molecule has 10 heterocycles. The van der Waals surface area contributed by atoms with Crippen molar-refractivity contribution in [3.63, 3.8) is 0 Å². The summed E-state index contributed by atoms with van der Waals surface area (Å²) < 4.78 is 181. The highest BCUT2D eigenvalue weighted by atomic mass is 32.5. The second-order valence-corrected chi connectivity index (χ2v) is 37.8. The van der Waals surface area contributed by atoms with Crippen molar-refractivity contribution in [1.29, 1.82) is 0 Å². The molecule has 0 radical (unpaired) electrons. The number of hydrogen-bond donors (Lipinski definition) is 14. The first-order valence-corrected chi connectivity index (χ1v) is 45.1. The van der Waals surface area contributed by atoms with Crippen molar-refractivity contribution in [3.8, 4) is 24.0 Å². The number of carbonyl (C=O) groups is 5. The molecule has 0 saturated carbocycles. The van der Waals surface area contributed by atoms with Crippen molar-refractivity contribution in [2.75, 3.05) is 46.5 Å². The summed E-state index contributed by atoms with van der Waals surface area (Å²) in [4.78, 5) is 117. The van der Waals surface area contributed by atoms with Crippen LogP contribution in [0.15, 0.2) is 108 Å². The number of halogens is 4. The van der Waals surface area contributed by atoms with Crippen LogP contribution in [0.5, 0.6) is 11.6 Å². The van der Waals surface area contributed by atoms with Crippen LogP contribution in [0, 0.1) is 19.3 Å². The fraction of sp³-hybridized carbons (Fsp3) is 0.577. The number of aliphatic hydroxyl groups is 6. The van der Waals surface area contributed by atoms with Gasteiger partial charge < -0.3 is 113 Å². The van der Waals surface area contributed by atoms with E-state index in [1.165, 1.54) is 24.0 Å². The van der Waals surface area contributed by atoms with E-state index in [4.69, 9.17) is 78.9 Å². The van der Waals surface area contributed by atoms with Crippen LogP contribution < -0.4 is 41.3 Å². The molecule has 2 amide bonds. The van der Waals surface area contributed by atoms with E-state index in [2.05, 4.69) is 68.3 Å². The molecule has 56 heteroatoms. The van der Waals surface area contributed by atoms with E-state index in [9.17, 15) is 92.1 Å². The summed E-state index contributed by atoms with van der Waals surface area (Å²) in [6.07, 6.45) is -5.38. The summed E-state index contributed by atoms with van der Waals surface area (Å²) in [6.45, 7) is 16.9. The second kappa shape index (κ2) is 40.9. The highest BCUT2D eigenvalue weighted by Crippen LogP contribution is 2.64. The van der Waals surface area contributed by atoms with Gasteiger partial charge in [-0.1, -0.05) is 37.3 Å². The number of hydrogen-bond acceptors (Lipinski definition) is 38. The smallest absolute Gasteiger partial charge is 0.480 e. The standard InChI is InChI=1S/C23H28N3O9PS.C17H23F2N4O6P.C17H26FN2O11P.C14H21FN3O9P/c1-5-23(31)19(28)17(34-21(23)26-12-11-18(27)24-22(26)30)13-32-36(37,35-16-9-7-6-8-10-16)25-15(4)20(29)33-14(2)3;1-6-25-13-11-12(21-10(4)22-13)23(8-20-11)15-16(5,18)14-17(19,27-15)7-26-30(24,29-14)28-9(2)3;1-10(2)30-15(23)27-9-29-32(25,26)28-8-17(7-18)13(22)16(4,24)14(31-17)20-6-5-12(21)19-11(20)3;1-7(10(20)21)17-28(24,25)26-6-14(15)11(22)13(3,23)12(27-14)18-5-4-9(19)16-8(18)2/h1,6-12,14-15,17,19,21,28,31H,13H2,2-4H3,(H,25,37)(H,24,27,30);8-9,14-15H,6-7H2,1-5H3;5-6,10,13-14,22,24H,3,7-9H2,1-2,4H3,(H,19,21)(H,25,26);4-5,7,11-12,22-23H,2,6H2,1,3H3,(H,16,19)(H,20,21)(H2,17,24,25)/t15-,17+,19+,21+,23+,36?;14-,15+,16+,17+,30?;13-,14+,16+,17+;7?,11-,12+,13+,14+/m0000/s1. The number of para-hydroxylation sites is 1. The van der Waals surface area contributed by atoms with Crippen molar-refractivity contribution < 1.29 is 175 Å². The van der Waals surface area contributed by atoms with E-state index < -0.39 is 231 Å². The zero-order valence-electron chi connectivity index (χ0n) is 69.9. The molecule has 4 aromatic rings. The van der Waals surface area contributed by atoms with Gasteiger partial charge in [0.1, 0.15) is 90.8 Å². The molecule has 0 spiro atoms. The lowest BCUT2D eigenvalue weighted by molar-refractivity contribution is -0.220. The predicted octanol–water partition coefficient (Wildman–Crippen LogP) is 2.76. The molecule has 11 rings (SSSR count). The third kappa shape index (κ3) is 24.6. The highest BCUT2D eigenvalue weighted by Gasteiger charge is 2.71. The number of fused-ring (bicyclic) bond motifs is 2. The number of carbonyl (C=O) groups excluding carboxylic acids is 4. The molecule has 0 bridgehead atoms. The van der Waals surface area contributed by atoms with Crippen LogP contribution >= 0.6 is 30.0 Å². The molecular weight excluding hydrogens is 1810 g/mol. The van der Waals surface area contributed by atoms with Crippen molar-refractivity contribution in [2.24, 2.45) is 0 Å². The van der Waals surface area contributed by atoms with Crippen molar-refractivity contribution in [2.45, 2.75) is 216 Å². The number of ether oxygens (including phenoxy) is 8. The minimum absolute atomic E-state index is 0.0212. The van der Waals surface area contributed by atoms with Crippen LogP contribution in [0.25, 0.3) is 11.2 Å². The third-order valence-corrected chi connectivity index (χ3v) is 24.8. The molecule has 47 nitrogen and oxygen atoms in total. The lowest BCUT2D eigenvalue weighted by atomic mass is 9.88. The molecule has 0 aliphatic carbocycles. The molecule has 1 aromatic carbocycles. The number of amides is 2. The Labute approximate surface area is 725 Å². The Morgan fingerprint density at radius 2 is 1.39 bits per heavy atom. The number of imidazole rings is 1. The number of terminal acetylenes is 1. The first-order valence-electron chi connectivity index (χ1n) is 37.9. The Bertz CT molecular complexity index is 5130. The summed E-state index contributed by atoms with van der Waals surface area (Å²) in [5, 5.41) is 81.8. The Balaban J connectivity index is 0.000000211. The number of carboxylic acid groups (broad SMARTS) is 1. The van der Waals surface area contributed by atoms with Crippen molar-refractivity contribution in [3.05, 3.63) is 125 Å². The minimum atomic E-state index is -4.91. The van der Waals surface area contributed by atoms with Gasteiger partial charge in [-0.25, -0.2) is 65.5 Å². The van der Waals surface area contributed by atoms with Crippen LogP contribution in [-0.2, 0) is 110 Å². The lowest BCUT2D eigenvalue weighted by Crippen LogP contribution is -2.55. The maximum Gasteiger partial charge on any atom is 0.510 e. The lowest BCUT2D eigenvalue weighted by Gasteiger charge is -2.37. The van der Waals surface area contributed by atoms with Gasteiger partial charge in [0.2, 0.25) is 12.7 Å². The number of aryl methyl sites for hydroxylation is 1. The quantitative estimate of drug-likeness (QED) is 0.0113.